The van der Waals surface area contributed by atoms with E-state index in [1.807, 2.05) is 18.9 Å². The fourth-order valence-corrected chi connectivity index (χ4v) is 1.69. The molecule has 0 aliphatic rings. The molecule has 0 saturated carbocycles. The smallest absolute Gasteiger partial charge is 0.238 e. The first-order valence-corrected chi connectivity index (χ1v) is 6.07. The molecule has 1 rings (SSSR count). The van der Waals surface area contributed by atoms with Gasteiger partial charge >= 0.3 is 0 Å². The summed E-state index contributed by atoms with van der Waals surface area (Å²) in [6, 6.07) is 9.29. The van der Waals surface area contributed by atoms with Crippen molar-refractivity contribution in [2.24, 2.45) is 5.92 Å². The Hall–Kier alpha value is -2.06. The second kappa shape index (κ2) is 7.39. The van der Waals surface area contributed by atoms with Crippen molar-refractivity contribution in [1.82, 2.24) is 4.90 Å². The molecule has 0 aromatic heterocycles. The van der Waals surface area contributed by atoms with Crippen LogP contribution in [0.5, 0.6) is 5.75 Å². The average molecular weight is 261 g/mol. The number of hydrogen-bond donors (Lipinski definition) is 1. The van der Waals surface area contributed by atoms with Crippen LogP contribution in [0.3, 0.4) is 0 Å². The number of amides is 1. The molecule has 1 atom stereocenters. The molecule has 0 spiro atoms. The number of carbonyl (C=O) groups is 1. The van der Waals surface area contributed by atoms with Gasteiger partial charge < -0.3 is 10.1 Å². The van der Waals surface area contributed by atoms with E-state index in [0.29, 0.717) is 6.54 Å². The summed E-state index contributed by atoms with van der Waals surface area (Å²) in [7, 11) is 3.42. The molecule has 5 nitrogen and oxygen atoms in total. The molecule has 0 radical (unpaired) electrons. The number of likely N-dealkylation sites (N-methyl/N-ethyl adjacent to an activating group) is 1. The van der Waals surface area contributed by atoms with Crippen molar-refractivity contribution in [2.75, 3.05) is 32.6 Å². The lowest BCUT2D eigenvalue weighted by Gasteiger charge is -2.17. The summed E-state index contributed by atoms with van der Waals surface area (Å²) in [5.74, 6) is 0.564. The van der Waals surface area contributed by atoms with Crippen molar-refractivity contribution >= 4 is 11.6 Å². The van der Waals surface area contributed by atoms with Gasteiger partial charge in [-0.1, -0.05) is 0 Å². The molecule has 1 aromatic carbocycles. The lowest BCUT2D eigenvalue weighted by molar-refractivity contribution is -0.117. The van der Waals surface area contributed by atoms with Crippen LogP contribution < -0.4 is 10.1 Å². The van der Waals surface area contributed by atoms with E-state index in [2.05, 4.69) is 11.4 Å². The van der Waals surface area contributed by atoms with Crippen molar-refractivity contribution in [3.8, 4) is 11.8 Å². The quantitative estimate of drug-likeness (QED) is 0.847. The third-order valence-corrected chi connectivity index (χ3v) is 2.59. The summed E-state index contributed by atoms with van der Waals surface area (Å²) in [6.45, 7) is 2.67. The number of nitrogens with zero attached hydrogens (tertiary/aromatic N) is 2. The van der Waals surface area contributed by atoms with E-state index in [1.165, 1.54) is 0 Å². The maximum Gasteiger partial charge on any atom is 0.238 e. The van der Waals surface area contributed by atoms with Crippen molar-refractivity contribution in [2.45, 2.75) is 6.92 Å². The van der Waals surface area contributed by atoms with Crippen LogP contribution in [0.25, 0.3) is 0 Å². The van der Waals surface area contributed by atoms with Crippen LogP contribution in [-0.4, -0.2) is 38.1 Å². The first-order chi connectivity index (χ1) is 9.05. The lowest BCUT2D eigenvalue weighted by Crippen LogP contribution is -2.32. The normalized spacial score (nSPS) is 11.7. The van der Waals surface area contributed by atoms with Gasteiger partial charge in [-0.25, -0.2) is 0 Å². The monoisotopic (exact) mass is 261 g/mol. The molecule has 1 unspecified atom stereocenters. The number of methoxy groups -OCH3 is 1. The Kier molecular flexibility index (Phi) is 5.83. The molecule has 0 aliphatic heterocycles. The molecule has 1 aromatic rings. The Morgan fingerprint density at radius 3 is 2.63 bits per heavy atom. The largest absolute Gasteiger partial charge is 0.497 e. The maximum atomic E-state index is 11.8. The van der Waals surface area contributed by atoms with Gasteiger partial charge in [0.2, 0.25) is 5.91 Å². The minimum absolute atomic E-state index is 0.0845. The van der Waals surface area contributed by atoms with E-state index < -0.39 is 0 Å². The SMILES string of the molecule is COc1ccc(NC(=O)CN(C)CC(C)C#N)cc1. The first kappa shape index (κ1) is 15.0. The van der Waals surface area contributed by atoms with Crippen LogP contribution in [0.2, 0.25) is 0 Å². The van der Waals surface area contributed by atoms with Crippen LogP contribution in [0, 0.1) is 17.2 Å². The molecule has 1 N–H and O–H groups in total. The fraction of sp³-hybridized carbons (Fsp3) is 0.429. The van der Waals surface area contributed by atoms with Gasteiger partial charge in [0.15, 0.2) is 0 Å². The van der Waals surface area contributed by atoms with E-state index in [0.717, 1.165) is 11.4 Å². The van der Waals surface area contributed by atoms with Gasteiger partial charge in [0.1, 0.15) is 5.75 Å². The number of nitriles is 1. The van der Waals surface area contributed by atoms with E-state index in [9.17, 15) is 4.79 Å². The molecular weight excluding hydrogens is 242 g/mol. The standard InChI is InChI=1S/C14H19N3O2/c1-11(8-15)9-17(2)10-14(18)16-12-4-6-13(19-3)7-5-12/h4-7,11H,9-10H2,1-3H3,(H,16,18). The third-order valence-electron chi connectivity index (χ3n) is 2.59. The van der Waals surface area contributed by atoms with Crippen LogP contribution in [0.1, 0.15) is 6.92 Å². The average Bonchev–Trinajstić information content (AvgIpc) is 2.39. The van der Waals surface area contributed by atoms with Crippen LogP contribution >= 0.6 is 0 Å². The fourth-order valence-electron chi connectivity index (χ4n) is 1.69. The molecule has 0 saturated heterocycles. The van der Waals surface area contributed by atoms with Gasteiger partial charge in [-0.3, -0.25) is 9.69 Å². The van der Waals surface area contributed by atoms with Crippen LogP contribution in [0.4, 0.5) is 5.69 Å². The molecule has 0 heterocycles. The number of carbonyl (C=O) groups excluding carboxylic acids is 1. The Balaban J connectivity index is 2.44. The summed E-state index contributed by atoms with van der Waals surface area (Å²) in [5, 5.41) is 11.5. The maximum absolute atomic E-state index is 11.8. The van der Waals surface area contributed by atoms with Gasteiger partial charge in [-0.2, -0.15) is 5.26 Å². The second-order valence-electron chi connectivity index (χ2n) is 4.50. The number of nitrogens with one attached hydrogen (secondary N) is 1. The van der Waals surface area contributed by atoms with E-state index in [4.69, 9.17) is 10.00 Å². The predicted octanol–water partition coefficient (Wildman–Crippen LogP) is 1.73. The summed E-state index contributed by atoms with van der Waals surface area (Å²) in [4.78, 5) is 13.6. The van der Waals surface area contributed by atoms with Crippen molar-refractivity contribution in [3.63, 3.8) is 0 Å². The Bertz CT molecular complexity index is 451. The van der Waals surface area contributed by atoms with E-state index in [-0.39, 0.29) is 18.4 Å². The van der Waals surface area contributed by atoms with Gasteiger partial charge in [-0.15, -0.1) is 0 Å². The number of ether oxygens (including phenoxy) is 1. The number of hydrogen-bond acceptors (Lipinski definition) is 4. The van der Waals surface area contributed by atoms with Crippen LogP contribution in [0.15, 0.2) is 24.3 Å². The van der Waals surface area contributed by atoms with Gasteiger partial charge in [-0.05, 0) is 38.2 Å². The highest BCUT2D eigenvalue weighted by atomic mass is 16.5. The Morgan fingerprint density at radius 2 is 2.11 bits per heavy atom. The van der Waals surface area contributed by atoms with Crippen LogP contribution in [-0.2, 0) is 4.79 Å². The lowest BCUT2D eigenvalue weighted by atomic mass is 10.2. The minimum Gasteiger partial charge on any atom is -0.497 e. The zero-order chi connectivity index (χ0) is 14.3. The highest BCUT2D eigenvalue weighted by Gasteiger charge is 2.10. The van der Waals surface area contributed by atoms with E-state index in [1.54, 1.807) is 31.4 Å². The Morgan fingerprint density at radius 1 is 1.47 bits per heavy atom. The summed E-state index contributed by atoms with van der Waals surface area (Å²) >= 11 is 0. The molecule has 19 heavy (non-hydrogen) atoms. The predicted molar refractivity (Wildman–Crippen MR) is 73.9 cm³/mol. The molecule has 5 heteroatoms. The number of anilines is 1. The van der Waals surface area contributed by atoms with Gasteiger partial charge in [0, 0.05) is 12.2 Å². The molecule has 102 valence electrons. The van der Waals surface area contributed by atoms with E-state index >= 15 is 0 Å². The molecule has 0 bridgehead atoms. The molecule has 0 fully saturated rings. The van der Waals surface area contributed by atoms with Crippen molar-refractivity contribution in [1.29, 1.82) is 5.26 Å². The highest BCUT2D eigenvalue weighted by molar-refractivity contribution is 5.92. The number of benzene rings is 1. The zero-order valence-corrected chi connectivity index (χ0v) is 11.5. The second-order valence-corrected chi connectivity index (χ2v) is 4.50. The number of rotatable bonds is 6. The van der Waals surface area contributed by atoms with Gasteiger partial charge in [0.25, 0.3) is 0 Å². The van der Waals surface area contributed by atoms with Crippen molar-refractivity contribution < 1.29 is 9.53 Å². The topological polar surface area (TPSA) is 65.4 Å². The summed E-state index contributed by atoms with van der Waals surface area (Å²) < 4.78 is 5.04. The Labute approximate surface area is 113 Å². The zero-order valence-electron chi connectivity index (χ0n) is 11.5. The van der Waals surface area contributed by atoms with Gasteiger partial charge in [0.05, 0.1) is 25.6 Å². The highest BCUT2D eigenvalue weighted by Crippen LogP contribution is 2.14. The molecular formula is C14H19N3O2. The summed E-state index contributed by atoms with van der Waals surface area (Å²) in [5.41, 5.74) is 0.729. The minimum atomic E-state index is -0.0993. The molecule has 1 amide bonds. The molecule has 0 aliphatic carbocycles. The third kappa shape index (κ3) is 5.40. The van der Waals surface area contributed by atoms with Crippen molar-refractivity contribution in [3.05, 3.63) is 24.3 Å². The first-order valence-electron chi connectivity index (χ1n) is 6.07. The summed E-state index contributed by atoms with van der Waals surface area (Å²) in [6.07, 6.45) is 0.